The molecule has 1 saturated carbocycles. The third-order valence-corrected chi connectivity index (χ3v) is 9.74. The van der Waals surface area contributed by atoms with Gasteiger partial charge in [-0.05, 0) is 67.3 Å². The predicted octanol–water partition coefficient (Wildman–Crippen LogP) is 4.95. The van der Waals surface area contributed by atoms with Crippen molar-refractivity contribution in [2.45, 2.75) is 69.9 Å². The van der Waals surface area contributed by atoms with Crippen LogP contribution in [0, 0.1) is 17.6 Å². The zero-order chi connectivity index (χ0) is 27.1. The van der Waals surface area contributed by atoms with Crippen LogP contribution in [0.25, 0.3) is 0 Å². The van der Waals surface area contributed by atoms with E-state index in [-0.39, 0.29) is 29.4 Å². The van der Waals surface area contributed by atoms with Crippen molar-refractivity contribution in [1.82, 2.24) is 19.9 Å². The van der Waals surface area contributed by atoms with Gasteiger partial charge in [0.2, 0.25) is 5.91 Å². The SMILES string of the molecule is CCCS(=O)N1CCNCC1CC[C@H]1CCCC1NC(=O)CC(c1cncc(F)c1)c1ccc(Cl)c(F)c1. The minimum absolute atomic E-state index is 0.00613. The van der Waals surface area contributed by atoms with Gasteiger partial charge in [0, 0.05) is 56.0 Å². The normalized spacial score (nSPS) is 23.7. The summed E-state index contributed by atoms with van der Waals surface area (Å²) in [6, 6.07) is 6.05. The summed E-state index contributed by atoms with van der Waals surface area (Å²) in [6.45, 7) is 4.54. The molecule has 2 N–H and O–H groups in total. The Labute approximate surface area is 231 Å². The quantitative estimate of drug-likeness (QED) is 0.404. The highest BCUT2D eigenvalue weighted by Crippen LogP contribution is 2.33. The van der Waals surface area contributed by atoms with E-state index in [0.717, 1.165) is 64.4 Å². The molecule has 2 aliphatic rings. The molecule has 38 heavy (non-hydrogen) atoms. The average molecular weight is 567 g/mol. The first-order valence-electron chi connectivity index (χ1n) is 13.6. The molecule has 6 nitrogen and oxygen atoms in total. The molecule has 1 aromatic heterocycles. The highest BCUT2D eigenvalue weighted by Gasteiger charge is 2.32. The minimum Gasteiger partial charge on any atom is -0.353 e. The minimum atomic E-state index is -0.949. The van der Waals surface area contributed by atoms with Gasteiger partial charge < -0.3 is 10.6 Å². The Kier molecular flexibility index (Phi) is 10.6. The molecule has 1 aliphatic heterocycles. The molecular weight excluding hydrogens is 530 g/mol. The molecule has 4 rings (SSSR count). The molecule has 0 spiro atoms. The van der Waals surface area contributed by atoms with Crippen LogP contribution in [0.3, 0.4) is 0 Å². The molecule has 0 bridgehead atoms. The third kappa shape index (κ3) is 7.58. The highest BCUT2D eigenvalue weighted by atomic mass is 35.5. The van der Waals surface area contributed by atoms with Gasteiger partial charge in [0.15, 0.2) is 0 Å². The molecule has 2 heterocycles. The fraction of sp³-hybridized carbons (Fsp3) is 0.571. The molecule has 2 fully saturated rings. The highest BCUT2D eigenvalue weighted by molar-refractivity contribution is 7.82. The molecule has 5 atom stereocenters. The van der Waals surface area contributed by atoms with Gasteiger partial charge in [-0.15, -0.1) is 0 Å². The first-order valence-corrected chi connectivity index (χ1v) is 15.2. The van der Waals surface area contributed by atoms with E-state index < -0.39 is 28.5 Å². The summed E-state index contributed by atoms with van der Waals surface area (Å²) in [5.74, 6) is -0.760. The third-order valence-electron chi connectivity index (χ3n) is 7.68. The fourth-order valence-electron chi connectivity index (χ4n) is 5.75. The Bertz CT molecular complexity index is 1120. The second kappa shape index (κ2) is 13.9. The number of hydrogen-bond donors (Lipinski definition) is 2. The Balaban J connectivity index is 1.40. The standard InChI is InChI=1S/C28H37ClF2N4O2S/c1-2-12-38(37)35-11-10-32-18-23(35)8-6-19-4-3-5-27(19)34-28(36)15-24(21-13-22(30)17-33-16-21)20-7-9-25(29)26(31)14-20/h7,9,13-14,16-17,19,23-24,27,32H,2-6,8,10-12,15,18H2,1H3,(H,34,36)/t19-,23?,24?,27?,38?/m1/s1. The van der Waals surface area contributed by atoms with Crippen LogP contribution in [-0.4, -0.2) is 56.9 Å². The monoisotopic (exact) mass is 566 g/mol. The second-order valence-electron chi connectivity index (χ2n) is 10.3. The molecule has 0 radical (unpaired) electrons. The largest absolute Gasteiger partial charge is 0.353 e. The first kappa shape index (κ1) is 29.1. The van der Waals surface area contributed by atoms with Crippen LogP contribution in [0.1, 0.15) is 68.9 Å². The lowest BCUT2D eigenvalue weighted by atomic mass is 9.88. The van der Waals surface area contributed by atoms with Crippen molar-refractivity contribution in [3.05, 3.63) is 64.4 Å². The summed E-state index contributed by atoms with van der Waals surface area (Å²) in [5.41, 5.74) is 1.05. The van der Waals surface area contributed by atoms with Crippen LogP contribution >= 0.6 is 11.6 Å². The maximum Gasteiger partial charge on any atom is 0.221 e. The Hall–Kier alpha value is -1.94. The topological polar surface area (TPSA) is 74.3 Å². The van der Waals surface area contributed by atoms with E-state index in [9.17, 15) is 17.8 Å². The summed E-state index contributed by atoms with van der Waals surface area (Å²) in [7, 11) is -0.949. The molecule has 1 aliphatic carbocycles. The number of pyridine rings is 1. The van der Waals surface area contributed by atoms with E-state index in [1.165, 1.54) is 24.4 Å². The summed E-state index contributed by atoms with van der Waals surface area (Å²) < 4.78 is 43.1. The van der Waals surface area contributed by atoms with Crippen molar-refractivity contribution in [3.63, 3.8) is 0 Å². The number of piperazine rings is 1. The maximum atomic E-state index is 14.3. The van der Waals surface area contributed by atoms with Crippen molar-refractivity contribution in [1.29, 1.82) is 0 Å². The lowest BCUT2D eigenvalue weighted by Crippen LogP contribution is -2.52. The van der Waals surface area contributed by atoms with Crippen molar-refractivity contribution in [3.8, 4) is 0 Å². The van der Waals surface area contributed by atoms with E-state index in [2.05, 4.69) is 26.8 Å². The number of carbonyl (C=O) groups is 1. The number of amides is 1. The maximum absolute atomic E-state index is 14.3. The molecule has 2 aromatic rings. The first-order chi connectivity index (χ1) is 18.4. The molecule has 1 aromatic carbocycles. The van der Waals surface area contributed by atoms with Crippen molar-refractivity contribution < 1.29 is 17.8 Å². The van der Waals surface area contributed by atoms with Crippen LogP contribution in [0.4, 0.5) is 8.78 Å². The van der Waals surface area contributed by atoms with Gasteiger partial charge in [0.25, 0.3) is 0 Å². The van der Waals surface area contributed by atoms with Gasteiger partial charge in [-0.3, -0.25) is 9.78 Å². The van der Waals surface area contributed by atoms with E-state index in [1.807, 2.05) is 0 Å². The van der Waals surface area contributed by atoms with Crippen molar-refractivity contribution >= 4 is 28.5 Å². The summed E-state index contributed by atoms with van der Waals surface area (Å²) in [5, 5.41) is 6.65. The molecule has 10 heteroatoms. The van der Waals surface area contributed by atoms with E-state index >= 15 is 0 Å². The lowest BCUT2D eigenvalue weighted by Gasteiger charge is -2.36. The number of aromatic nitrogens is 1. The molecule has 4 unspecified atom stereocenters. The predicted molar refractivity (Wildman–Crippen MR) is 147 cm³/mol. The summed E-state index contributed by atoms with van der Waals surface area (Å²) in [4.78, 5) is 17.2. The smallest absolute Gasteiger partial charge is 0.221 e. The Morgan fingerprint density at radius 3 is 2.84 bits per heavy atom. The van der Waals surface area contributed by atoms with Crippen LogP contribution < -0.4 is 10.6 Å². The zero-order valence-electron chi connectivity index (χ0n) is 21.8. The molecule has 208 valence electrons. The fourth-order valence-corrected chi connectivity index (χ4v) is 7.26. The van der Waals surface area contributed by atoms with Crippen LogP contribution in [-0.2, 0) is 15.8 Å². The zero-order valence-corrected chi connectivity index (χ0v) is 23.4. The number of hydrogen-bond acceptors (Lipinski definition) is 4. The van der Waals surface area contributed by atoms with E-state index in [4.69, 9.17) is 11.6 Å². The van der Waals surface area contributed by atoms with Crippen molar-refractivity contribution in [2.75, 3.05) is 25.4 Å². The van der Waals surface area contributed by atoms with Gasteiger partial charge in [-0.2, -0.15) is 0 Å². The molecule has 1 amide bonds. The van der Waals surface area contributed by atoms with Gasteiger partial charge in [-0.25, -0.2) is 17.3 Å². The van der Waals surface area contributed by atoms with Gasteiger partial charge >= 0.3 is 0 Å². The lowest BCUT2D eigenvalue weighted by molar-refractivity contribution is -0.122. The van der Waals surface area contributed by atoms with Gasteiger partial charge in [0.05, 0.1) is 22.2 Å². The Morgan fingerprint density at radius 1 is 1.24 bits per heavy atom. The van der Waals surface area contributed by atoms with Crippen LogP contribution in [0.15, 0.2) is 36.7 Å². The number of halogens is 3. The number of rotatable bonds is 11. The number of nitrogens with one attached hydrogen (secondary N) is 2. The molecular formula is C28H37ClF2N4O2S. The van der Waals surface area contributed by atoms with Crippen LogP contribution in [0.2, 0.25) is 5.02 Å². The average Bonchev–Trinajstić information content (AvgIpc) is 3.34. The Morgan fingerprint density at radius 2 is 2.08 bits per heavy atom. The van der Waals surface area contributed by atoms with E-state index in [0.29, 0.717) is 22.8 Å². The van der Waals surface area contributed by atoms with Crippen molar-refractivity contribution in [2.24, 2.45) is 5.92 Å². The number of nitrogens with zero attached hydrogens (tertiary/aromatic N) is 2. The summed E-state index contributed by atoms with van der Waals surface area (Å²) >= 11 is 5.87. The van der Waals surface area contributed by atoms with Gasteiger partial charge in [0.1, 0.15) is 11.6 Å². The van der Waals surface area contributed by atoms with Gasteiger partial charge in [-0.1, -0.05) is 31.0 Å². The number of carbonyl (C=O) groups excluding carboxylic acids is 1. The van der Waals surface area contributed by atoms with E-state index in [1.54, 1.807) is 6.07 Å². The summed E-state index contributed by atoms with van der Waals surface area (Å²) in [6.07, 6.45) is 8.45. The second-order valence-corrected chi connectivity index (χ2v) is 12.3. The van der Waals surface area contributed by atoms with Crippen LogP contribution in [0.5, 0.6) is 0 Å². The number of benzene rings is 1. The molecule has 1 saturated heterocycles.